The second-order valence-electron chi connectivity index (χ2n) is 7.58. The van der Waals surface area contributed by atoms with Crippen LogP contribution < -0.4 is 15.0 Å². The lowest BCUT2D eigenvalue weighted by atomic mass is 10.2. The zero-order valence-electron chi connectivity index (χ0n) is 17.5. The van der Waals surface area contributed by atoms with Crippen LogP contribution in [-0.4, -0.2) is 27.9 Å². The fourth-order valence-corrected chi connectivity index (χ4v) is 3.69. The number of methoxy groups -OCH3 is 1. The molecule has 30 heavy (non-hydrogen) atoms. The first-order valence-corrected chi connectivity index (χ1v) is 10.3. The number of hydrogen-bond acceptors (Lipinski definition) is 4. The number of anilines is 2. The number of carbonyl (C=O) groups is 1. The molecule has 1 N–H and O–H groups in total. The fraction of sp³-hybridized carbons (Fsp3) is 0.348. The second kappa shape index (κ2) is 8.98. The Morgan fingerprint density at radius 3 is 2.77 bits per heavy atom. The maximum atomic E-state index is 13.3. The molecule has 4 rings (SSSR count). The first kappa shape index (κ1) is 19.9. The summed E-state index contributed by atoms with van der Waals surface area (Å²) in [5.41, 5.74) is 2.63. The molecule has 0 aliphatic carbocycles. The van der Waals surface area contributed by atoms with Crippen molar-refractivity contribution in [2.45, 2.75) is 45.7 Å². The molecule has 7 heteroatoms. The monoisotopic (exact) mass is 405 g/mol. The van der Waals surface area contributed by atoms with Crippen LogP contribution >= 0.6 is 0 Å². The van der Waals surface area contributed by atoms with Crippen LogP contribution in [0.1, 0.15) is 36.5 Å². The highest BCUT2D eigenvalue weighted by atomic mass is 16.5. The van der Waals surface area contributed by atoms with Crippen molar-refractivity contribution in [2.75, 3.05) is 17.3 Å². The normalized spacial score (nSPS) is 13.3. The van der Waals surface area contributed by atoms with E-state index in [9.17, 15) is 4.79 Å². The van der Waals surface area contributed by atoms with Gasteiger partial charge in [-0.25, -0.2) is 4.79 Å². The quantitative estimate of drug-likeness (QED) is 0.675. The minimum absolute atomic E-state index is 0.224. The molecule has 156 valence electrons. The Kier molecular flexibility index (Phi) is 5.97. The maximum Gasteiger partial charge on any atom is 0.326 e. The molecule has 0 saturated heterocycles. The Morgan fingerprint density at radius 1 is 1.13 bits per heavy atom. The molecule has 2 aromatic carbocycles. The molecule has 0 fully saturated rings. The lowest BCUT2D eigenvalue weighted by Gasteiger charge is -2.24. The average Bonchev–Trinajstić information content (AvgIpc) is 2.99. The number of nitrogens with one attached hydrogen (secondary N) is 1. The fourth-order valence-electron chi connectivity index (χ4n) is 3.69. The van der Waals surface area contributed by atoms with Crippen molar-refractivity contribution < 1.29 is 9.53 Å². The molecule has 1 aliphatic rings. The number of amides is 2. The Morgan fingerprint density at radius 2 is 1.97 bits per heavy atom. The SMILES string of the molecule is COc1cccc(N(Cc2nnc3n2CCCCC3)C(=O)Nc2ccc(C)cc2)c1. The molecule has 2 heterocycles. The van der Waals surface area contributed by atoms with Crippen LogP contribution in [0.4, 0.5) is 16.2 Å². The zero-order chi connectivity index (χ0) is 20.9. The van der Waals surface area contributed by atoms with Gasteiger partial charge < -0.3 is 14.6 Å². The highest BCUT2D eigenvalue weighted by Crippen LogP contribution is 2.25. The van der Waals surface area contributed by atoms with Gasteiger partial charge in [0.1, 0.15) is 11.6 Å². The summed E-state index contributed by atoms with van der Waals surface area (Å²) < 4.78 is 7.53. The third kappa shape index (κ3) is 4.45. The first-order valence-electron chi connectivity index (χ1n) is 10.3. The van der Waals surface area contributed by atoms with Crippen LogP contribution in [0, 0.1) is 6.92 Å². The zero-order valence-corrected chi connectivity index (χ0v) is 17.5. The van der Waals surface area contributed by atoms with Gasteiger partial charge >= 0.3 is 6.03 Å². The smallest absolute Gasteiger partial charge is 0.326 e. The van der Waals surface area contributed by atoms with E-state index in [4.69, 9.17) is 4.74 Å². The molecule has 2 amide bonds. The summed E-state index contributed by atoms with van der Waals surface area (Å²) in [6.07, 6.45) is 4.36. The van der Waals surface area contributed by atoms with Crippen LogP contribution in [0.2, 0.25) is 0 Å². The minimum Gasteiger partial charge on any atom is -0.497 e. The van der Waals surface area contributed by atoms with Crippen molar-refractivity contribution in [3.63, 3.8) is 0 Å². The highest BCUT2D eigenvalue weighted by Gasteiger charge is 2.22. The van der Waals surface area contributed by atoms with E-state index in [0.29, 0.717) is 12.3 Å². The van der Waals surface area contributed by atoms with Gasteiger partial charge in [-0.2, -0.15) is 0 Å². The molecule has 0 atom stereocenters. The summed E-state index contributed by atoms with van der Waals surface area (Å²) in [5, 5.41) is 11.8. The number of carbonyl (C=O) groups excluding carboxylic acids is 1. The third-order valence-corrected chi connectivity index (χ3v) is 5.40. The van der Waals surface area contributed by atoms with Crippen LogP contribution in [0.3, 0.4) is 0 Å². The van der Waals surface area contributed by atoms with Crippen molar-refractivity contribution in [1.29, 1.82) is 0 Å². The molecule has 0 spiro atoms. The van der Waals surface area contributed by atoms with Crippen LogP contribution in [-0.2, 0) is 19.5 Å². The van der Waals surface area contributed by atoms with Crippen LogP contribution in [0.5, 0.6) is 5.75 Å². The predicted molar refractivity (Wildman–Crippen MR) is 117 cm³/mol. The minimum atomic E-state index is -0.224. The van der Waals surface area contributed by atoms with E-state index in [0.717, 1.165) is 54.4 Å². The Labute approximate surface area is 176 Å². The molecule has 3 aromatic rings. The average molecular weight is 406 g/mol. The van der Waals surface area contributed by atoms with Crippen molar-refractivity contribution >= 4 is 17.4 Å². The molecule has 0 unspecified atom stereocenters. The van der Waals surface area contributed by atoms with E-state index in [-0.39, 0.29) is 6.03 Å². The van der Waals surface area contributed by atoms with E-state index in [1.165, 1.54) is 6.42 Å². The number of fused-ring (bicyclic) bond motifs is 1. The number of benzene rings is 2. The summed E-state index contributed by atoms with van der Waals surface area (Å²) in [7, 11) is 1.62. The summed E-state index contributed by atoms with van der Waals surface area (Å²) in [6.45, 7) is 3.24. The largest absolute Gasteiger partial charge is 0.497 e. The summed E-state index contributed by atoms with van der Waals surface area (Å²) in [4.78, 5) is 15.0. The summed E-state index contributed by atoms with van der Waals surface area (Å²) in [6, 6.07) is 15.0. The number of hydrogen-bond donors (Lipinski definition) is 1. The van der Waals surface area contributed by atoms with Crippen molar-refractivity contribution in [2.24, 2.45) is 0 Å². The van der Waals surface area contributed by atoms with E-state index in [2.05, 4.69) is 20.1 Å². The third-order valence-electron chi connectivity index (χ3n) is 5.40. The molecule has 1 aromatic heterocycles. The van der Waals surface area contributed by atoms with Crippen molar-refractivity contribution in [3.8, 4) is 5.75 Å². The molecule has 1 aliphatic heterocycles. The van der Waals surface area contributed by atoms with Gasteiger partial charge in [-0.15, -0.1) is 10.2 Å². The molecule has 0 bridgehead atoms. The standard InChI is InChI=1S/C23H27N5O2/c1-17-10-12-18(13-11-17)24-23(29)28(19-7-6-8-20(15-19)30-2)16-22-26-25-21-9-4-3-5-14-27(21)22/h6-8,10-13,15H,3-5,9,14,16H2,1-2H3,(H,24,29). The van der Waals surface area contributed by atoms with Gasteiger partial charge in [0.2, 0.25) is 0 Å². The Bertz CT molecular complexity index is 1010. The number of nitrogens with zero attached hydrogens (tertiary/aromatic N) is 4. The van der Waals surface area contributed by atoms with Gasteiger partial charge in [-0.1, -0.05) is 30.2 Å². The van der Waals surface area contributed by atoms with Crippen molar-refractivity contribution in [3.05, 3.63) is 65.7 Å². The van der Waals surface area contributed by atoms with Crippen LogP contribution in [0.15, 0.2) is 48.5 Å². The molecule has 0 saturated carbocycles. The first-order chi connectivity index (χ1) is 14.6. The van der Waals surface area contributed by atoms with Gasteiger partial charge in [-0.3, -0.25) is 4.90 Å². The topological polar surface area (TPSA) is 72.3 Å². The maximum absolute atomic E-state index is 13.3. The number of ether oxygens (including phenoxy) is 1. The number of urea groups is 1. The molecular weight excluding hydrogens is 378 g/mol. The van der Waals surface area contributed by atoms with E-state index in [1.54, 1.807) is 12.0 Å². The highest BCUT2D eigenvalue weighted by molar-refractivity contribution is 6.01. The molecule has 0 radical (unpaired) electrons. The van der Waals surface area contributed by atoms with Crippen LogP contribution in [0.25, 0.3) is 0 Å². The van der Waals surface area contributed by atoms with Crippen molar-refractivity contribution in [1.82, 2.24) is 14.8 Å². The van der Waals surface area contributed by atoms with Gasteiger partial charge in [0, 0.05) is 30.4 Å². The lowest BCUT2D eigenvalue weighted by Crippen LogP contribution is -2.35. The van der Waals surface area contributed by atoms with E-state index in [1.807, 2.05) is 55.5 Å². The Balaban J connectivity index is 1.64. The van der Waals surface area contributed by atoms with Gasteiger partial charge in [0.15, 0.2) is 5.82 Å². The number of rotatable bonds is 5. The summed E-state index contributed by atoms with van der Waals surface area (Å²) >= 11 is 0. The van der Waals surface area contributed by atoms with Gasteiger partial charge in [-0.05, 0) is 44.0 Å². The molecule has 7 nitrogen and oxygen atoms in total. The summed E-state index contributed by atoms with van der Waals surface area (Å²) in [5.74, 6) is 2.50. The van der Waals surface area contributed by atoms with E-state index < -0.39 is 0 Å². The predicted octanol–water partition coefficient (Wildman–Crippen LogP) is 4.56. The number of aryl methyl sites for hydroxylation is 2. The van der Waals surface area contributed by atoms with E-state index >= 15 is 0 Å². The molecular formula is C23H27N5O2. The van der Waals surface area contributed by atoms with Gasteiger partial charge in [0.25, 0.3) is 0 Å². The lowest BCUT2D eigenvalue weighted by molar-refractivity contribution is 0.256. The number of aromatic nitrogens is 3. The second-order valence-corrected chi connectivity index (χ2v) is 7.58. The van der Waals surface area contributed by atoms with Gasteiger partial charge in [0.05, 0.1) is 13.7 Å². The Hall–Kier alpha value is -3.35.